The molecular formula is C12H11FN2O. The van der Waals surface area contributed by atoms with E-state index in [1.165, 1.54) is 18.3 Å². The summed E-state index contributed by atoms with van der Waals surface area (Å²) in [5.41, 5.74) is 2.25. The zero-order valence-electron chi connectivity index (χ0n) is 9.04. The first-order valence-electron chi connectivity index (χ1n) is 4.90. The largest absolute Gasteiger partial charge is 0.268 e. The lowest BCUT2D eigenvalue weighted by Gasteiger charge is -2.07. The average Bonchev–Trinajstić information content (AvgIpc) is 2.15. The fourth-order valence-electron chi connectivity index (χ4n) is 1.79. The molecule has 1 heterocycles. The Morgan fingerprint density at radius 1 is 1.25 bits per heavy atom. The van der Waals surface area contributed by atoms with Gasteiger partial charge in [0, 0.05) is 17.2 Å². The van der Waals surface area contributed by atoms with Crippen molar-refractivity contribution in [2.75, 3.05) is 0 Å². The number of nitrogens with one attached hydrogen (secondary N) is 1. The Morgan fingerprint density at radius 2 is 2.00 bits per heavy atom. The SMILES string of the molecule is Cc1cc(C)c(-c2cn[nH]c(=O)c2)c(F)c1. The Hall–Kier alpha value is -1.97. The lowest BCUT2D eigenvalue weighted by Crippen LogP contribution is -2.06. The van der Waals surface area contributed by atoms with Gasteiger partial charge in [0.05, 0.1) is 6.20 Å². The van der Waals surface area contributed by atoms with Crippen LogP contribution in [0.4, 0.5) is 4.39 Å². The molecule has 0 spiro atoms. The number of halogens is 1. The molecule has 0 aliphatic carbocycles. The zero-order valence-corrected chi connectivity index (χ0v) is 9.04. The van der Waals surface area contributed by atoms with Gasteiger partial charge in [-0.15, -0.1) is 0 Å². The molecule has 4 heteroatoms. The summed E-state index contributed by atoms with van der Waals surface area (Å²) < 4.78 is 13.8. The van der Waals surface area contributed by atoms with Crippen LogP contribution in [0.1, 0.15) is 11.1 Å². The molecule has 0 saturated carbocycles. The van der Waals surface area contributed by atoms with Crippen molar-refractivity contribution in [1.29, 1.82) is 0 Å². The van der Waals surface area contributed by atoms with E-state index < -0.39 is 0 Å². The van der Waals surface area contributed by atoms with E-state index in [9.17, 15) is 9.18 Å². The van der Waals surface area contributed by atoms with Crippen molar-refractivity contribution in [1.82, 2.24) is 10.2 Å². The van der Waals surface area contributed by atoms with Gasteiger partial charge in [-0.1, -0.05) is 6.07 Å². The lowest BCUT2D eigenvalue weighted by atomic mass is 10.00. The van der Waals surface area contributed by atoms with Gasteiger partial charge in [0.25, 0.3) is 5.56 Å². The van der Waals surface area contributed by atoms with Crippen LogP contribution >= 0.6 is 0 Å². The highest BCUT2D eigenvalue weighted by Crippen LogP contribution is 2.25. The molecule has 0 fully saturated rings. The molecular weight excluding hydrogens is 207 g/mol. The molecule has 3 nitrogen and oxygen atoms in total. The Labute approximate surface area is 92.0 Å². The second-order valence-electron chi connectivity index (χ2n) is 3.77. The van der Waals surface area contributed by atoms with Crippen LogP contribution in [-0.2, 0) is 0 Å². The maximum Gasteiger partial charge on any atom is 0.264 e. The second-order valence-corrected chi connectivity index (χ2v) is 3.77. The van der Waals surface area contributed by atoms with Gasteiger partial charge >= 0.3 is 0 Å². The number of aromatic nitrogens is 2. The number of aryl methyl sites for hydroxylation is 2. The molecule has 16 heavy (non-hydrogen) atoms. The minimum atomic E-state index is -0.336. The first kappa shape index (κ1) is 10.5. The third-order valence-electron chi connectivity index (χ3n) is 2.39. The molecule has 0 aliphatic rings. The van der Waals surface area contributed by atoms with Crippen molar-refractivity contribution in [3.8, 4) is 11.1 Å². The van der Waals surface area contributed by atoms with E-state index in [1.807, 2.05) is 19.9 Å². The fourth-order valence-corrected chi connectivity index (χ4v) is 1.79. The summed E-state index contributed by atoms with van der Waals surface area (Å²) in [6.07, 6.45) is 1.45. The van der Waals surface area contributed by atoms with Crippen molar-refractivity contribution in [2.24, 2.45) is 0 Å². The summed E-state index contributed by atoms with van der Waals surface area (Å²) in [6.45, 7) is 3.64. The summed E-state index contributed by atoms with van der Waals surface area (Å²) in [5.74, 6) is -0.329. The molecule has 0 radical (unpaired) electrons. The third-order valence-corrected chi connectivity index (χ3v) is 2.39. The number of H-pyrrole nitrogens is 1. The minimum absolute atomic E-state index is 0.329. The molecule has 0 atom stereocenters. The van der Waals surface area contributed by atoms with Gasteiger partial charge in [0.1, 0.15) is 5.82 Å². The maximum absolute atomic E-state index is 13.8. The van der Waals surface area contributed by atoms with E-state index in [0.717, 1.165) is 11.1 Å². The van der Waals surface area contributed by atoms with Gasteiger partial charge in [0.15, 0.2) is 0 Å². The van der Waals surface area contributed by atoms with Crippen LogP contribution in [0.2, 0.25) is 0 Å². The van der Waals surface area contributed by atoms with E-state index >= 15 is 0 Å². The van der Waals surface area contributed by atoms with Gasteiger partial charge in [-0.2, -0.15) is 5.10 Å². The predicted octanol–water partition coefficient (Wildman–Crippen LogP) is 2.19. The highest BCUT2D eigenvalue weighted by Gasteiger charge is 2.09. The Kier molecular flexibility index (Phi) is 2.56. The van der Waals surface area contributed by atoms with Gasteiger partial charge in [-0.3, -0.25) is 4.79 Å². The van der Waals surface area contributed by atoms with Crippen molar-refractivity contribution < 1.29 is 4.39 Å². The molecule has 2 aromatic rings. The molecule has 0 aliphatic heterocycles. The summed E-state index contributed by atoms with van der Waals surface area (Å²) in [7, 11) is 0. The highest BCUT2D eigenvalue weighted by atomic mass is 19.1. The lowest BCUT2D eigenvalue weighted by molar-refractivity contribution is 0.629. The molecule has 1 aromatic carbocycles. The number of hydrogen-bond donors (Lipinski definition) is 1. The van der Waals surface area contributed by atoms with Crippen molar-refractivity contribution >= 4 is 0 Å². The van der Waals surface area contributed by atoms with Crippen molar-refractivity contribution in [3.05, 3.63) is 51.7 Å². The van der Waals surface area contributed by atoms with Gasteiger partial charge < -0.3 is 0 Å². The second kappa shape index (κ2) is 3.89. The number of aromatic amines is 1. The van der Waals surface area contributed by atoms with Crippen LogP contribution in [0, 0.1) is 19.7 Å². The summed E-state index contributed by atoms with van der Waals surface area (Å²) in [6, 6.07) is 4.66. The predicted molar refractivity (Wildman–Crippen MR) is 59.7 cm³/mol. The molecule has 1 aromatic heterocycles. The molecule has 2 rings (SSSR count). The quantitative estimate of drug-likeness (QED) is 0.797. The van der Waals surface area contributed by atoms with E-state index in [0.29, 0.717) is 11.1 Å². The Morgan fingerprint density at radius 3 is 2.62 bits per heavy atom. The van der Waals surface area contributed by atoms with Gasteiger partial charge in [-0.05, 0) is 31.0 Å². The first-order chi connectivity index (χ1) is 7.58. The van der Waals surface area contributed by atoms with Crippen LogP contribution in [0.5, 0.6) is 0 Å². The molecule has 0 bridgehead atoms. The highest BCUT2D eigenvalue weighted by molar-refractivity contribution is 5.67. The monoisotopic (exact) mass is 218 g/mol. The van der Waals surface area contributed by atoms with Crippen LogP contribution in [-0.4, -0.2) is 10.2 Å². The van der Waals surface area contributed by atoms with Gasteiger partial charge in [-0.25, -0.2) is 9.49 Å². The Balaban J connectivity index is 2.69. The van der Waals surface area contributed by atoms with E-state index in [-0.39, 0.29) is 11.4 Å². The summed E-state index contributed by atoms with van der Waals surface area (Å²) >= 11 is 0. The topological polar surface area (TPSA) is 45.8 Å². The van der Waals surface area contributed by atoms with Crippen LogP contribution in [0.25, 0.3) is 11.1 Å². The normalized spacial score (nSPS) is 10.4. The number of nitrogens with zero attached hydrogens (tertiary/aromatic N) is 1. The standard InChI is InChI=1S/C12H11FN2O/c1-7-3-8(2)12(10(13)4-7)9-5-11(16)15-14-6-9/h3-6H,1-2H3,(H,15,16). The summed E-state index contributed by atoms with van der Waals surface area (Å²) in [4.78, 5) is 11.1. The molecule has 0 unspecified atom stereocenters. The average molecular weight is 218 g/mol. The third kappa shape index (κ3) is 1.86. The smallest absolute Gasteiger partial charge is 0.264 e. The zero-order chi connectivity index (χ0) is 11.7. The molecule has 1 N–H and O–H groups in total. The number of rotatable bonds is 1. The van der Waals surface area contributed by atoms with Crippen molar-refractivity contribution in [2.45, 2.75) is 13.8 Å². The first-order valence-corrected chi connectivity index (χ1v) is 4.90. The molecule has 82 valence electrons. The van der Waals surface area contributed by atoms with Gasteiger partial charge in [0.2, 0.25) is 0 Å². The maximum atomic E-state index is 13.8. The minimum Gasteiger partial charge on any atom is -0.268 e. The van der Waals surface area contributed by atoms with Crippen LogP contribution in [0.3, 0.4) is 0 Å². The molecule has 0 saturated heterocycles. The van der Waals surface area contributed by atoms with Crippen molar-refractivity contribution in [3.63, 3.8) is 0 Å². The van der Waals surface area contributed by atoms with E-state index in [4.69, 9.17) is 0 Å². The fraction of sp³-hybridized carbons (Fsp3) is 0.167. The van der Waals surface area contributed by atoms with Crippen LogP contribution in [0.15, 0.2) is 29.2 Å². The summed E-state index contributed by atoms with van der Waals surface area (Å²) in [5, 5.41) is 5.92. The van der Waals surface area contributed by atoms with E-state index in [2.05, 4.69) is 10.2 Å². The number of benzene rings is 1. The van der Waals surface area contributed by atoms with E-state index in [1.54, 1.807) is 0 Å². The van der Waals surface area contributed by atoms with Crippen LogP contribution < -0.4 is 5.56 Å². The number of hydrogen-bond acceptors (Lipinski definition) is 2. The molecule has 0 amide bonds. The Bertz CT molecular complexity index is 567.